The number of rotatable bonds is 8. The normalized spacial score (nSPS) is 11.6. The minimum absolute atomic E-state index is 0.118. The third-order valence-electron chi connectivity index (χ3n) is 2.66. The Labute approximate surface area is 119 Å². The second kappa shape index (κ2) is 7.25. The van der Waals surface area contributed by atoms with Gasteiger partial charge in [0.15, 0.2) is 0 Å². The van der Waals surface area contributed by atoms with Gasteiger partial charge in [0.1, 0.15) is 0 Å². The van der Waals surface area contributed by atoms with Crippen LogP contribution in [0.5, 0.6) is 0 Å². The summed E-state index contributed by atoms with van der Waals surface area (Å²) in [4.78, 5) is 10.7. The van der Waals surface area contributed by atoms with Crippen molar-refractivity contribution in [1.82, 2.24) is 4.31 Å². The van der Waals surface area contributed by atoms with Gasteiger partial charge in [-0.15, -0.1) is 0 Å². The van der Waals surface area contributed by atoms with Crippen molar-refractivity contribution in [3.05, 3.63) is 29.8 Å². The van der Waals surface area contributed by atoms with E-state index in [1.165, 1.54) is 28.6 Å². The zero-order valence-electron chi connectivity index (χ0n) is 11.7. The molecule has 112 valence electrons. The maximum Gasteiger partial charge on any atom is 0.335 e. The van der Waals surface area contributed by atoms with E-state index in [4.69, 9.17) is 5.11 Å². The van der Waals surface area contributed by atoms with Crippen molar-refractivity contribution in [3.8, 4) is 0 Å². The van der Waals surface area contributed by atoms with Crippen LogP contribution in [0.15, 0.2) is 24.3 Å². The van der Waals surface area contributed by atoms with E-state index in [1.54, 1.807) is 0 Å². The van der Waals surface area contributed by atoms with Crippen LogP contribution in [0, 0.1) is 0 Å². The molecule has 0 radical (unpaired) electrons. The third kappa shape index (κ3) is 4.50. The minimum atomic E-state index is -3.60. The molecule has 2 N–H and O–H groups in total. The number of hydrogen-bond acceptors (Lipinski definition) is 3. The number of nitrogens with zero attached hydrogens (tertiary/aromatic N) is 1. The molecule has 20 heavy (non-hydrogen) atoms. The van der Waals surface area contributed by atoms with Gasteiger partial charge in [-0.25, -0.2) is 4.79 Å². The molecular formula is C13H20N2O4S. The van der Waals surface area contributed by atoms with Crippen molar-refractivity contribution in [2.75, 3.05) is 17.8 Å². The van der Waals surface area contributed by atoms with Gasteiger partial charge < -0.3 is 5.11 Å². The molecule has 0 aromatic heterocycles. The van der Waals surface area contributed by atoms with Crippen LogP contribution in [0.25, 0.3) is 0 Å². The van der Waals surface area contributed by atoms with E-state index in [9.17, 15) is 13.2 Å². The lowest BCUT2D eigenvalue weighted by atomic mass is 10.2. The van der Waals surface area contributed by atoms with Gasteiger partial charge in [0.05, 0.1) is 5.56 Å². The van der Waals surface area contributed by atoms with E-state index in [-0.39, 0.29) is 5.56 Å². The Kier molecular flexibility index (Phi) is 5.97. The predicted molar refractivity (Wildman–Crippen MR) is 78.1 cm³/mol. The van der Waals surface area contributed by atoms with E-state index in [0.717, 1.165) is 12.8 Å². The van der Waals surface area contributed by atoms with Crippen molar-refractivity contribution in [2.45, 2.75) is 26.7 Å². The van der Waals surface area contributed by atoms with Crippen LogP contribution in [0.1, 0.15) is 37.0 Å². The molecule has 7 heteroatoms. The second-order valence-corrected chi connectivity index (χ2v) is 6.06. The van der Waals surface area contributed by atoms with Gasteiger partial charge in [0.2, 0.25) is 0 Å². The molecule has 1 aromatic rings. The average molecular weight is 300 g/mol. The van der Waals surface area contributed by atoms with Crippen LogP contribution in [0.3, 0.4) is 0 Å². The van der Waals surface area contributed by atoms with Crippen molar-refractivity contribution >= 4 is 21.9 Å². The van der Waals surface area contributed by atoms with Crippen LogP contribution in [-0.2, 0) is 10.2 Å². The molecule has 0 amide bonds. The molecule has 0 saturated heterocycles. The first-order valence-electron chi connectivity index (χ1n) is 6.52. The monoisotopic (exact) mass is 300 g/mol. The molecular weight excluding hydrogens is 280 g/mol. The average Bonchev–Trinajstić information content (AvgIpc) is 2.38. The number of carboxylic acid groups (broad SMARTS) is 1. The van der Waals surface area contributed by atoms with Gasteiger partial charge in [-0.05, 0) is 37.1 Å². The SMILES string of the molecule is CCCN(CCC)S(=O)(=O)Nc1ccc(C(=O)O)cc1. The van der Waals surface area contributed by atoms with Crippen LogP contribution in [0.4, 0.5) is 5.69 Å². The molecule has 0 heterocycles. The molecule has 0 bridgehead atoms. The molecule has 0 atom stereocenters. The van der Waals surface area contributed by atoms with Crippen LogP contribution in [-0.4, -0.2) is 36.9 Å². The fraction of sp³-hybridized carbons (Fsp3) is 0.462. The van der Waals surface area contributed by atoms with E-state index in [2.05, 4.69) is 4.72 Å². The molecule has 6 nitrogen and oxygen atoms in total. The standard InChI is InChI=1S/C13H20N2O4S/c1-3-9-15(10-4-2)20(18,19)14-12-7-5-11(6-8-12)13(16)17/h5-8,14H,3-4,9-10H2,1-2H3,(H,16,17). The molecule has 0 aliphatic heterocycles. The third-order valence-corrected chi connectivity index (χ3v) is 4.20. The van der Waals surface area contributed by atoms with Gasteiger partial charge in [-0.2, -0.15) is 12.7 Å². The van der Waals surface area contributed by atoms with E-state index in [1.807, 2.05) is 13.8 Å². The number of carboxylic acids is 1. The fourth-order valence-corrected chi connectivity index (χ4v) is 3.15. The summed E-state index contributed by atoms with van der Waals surface area (Å²) < 4.78 is 28.2. The van der Waals surface area contributed by atoms with Gasteiger partial charge in [-0.3, -0.25) is 4.72 Å². The number of carbonyl (C=O) groups is 1. The number of anilines is 1. The number of hydrogen-bond donors (Lipinski definition) is 2. The summed E-state index contributed by atoms with van der Waals surface area (Å²) >= 11 is 0. The summed E-state index contributed by atoms with van der Waals surface area (Å²) in [5.41, 5.74) is 0.471. The largest absolute Gasteiger partial charge is 0.478 e. The minimum Gasteiger partial charge on any atom is -0.478 e. The lowest BCUT2D eigenvalue weighted by Crippen LogP contribution is -2.37. The van der Waals surface area contributed by atoms with Crippen molar-refractivity contribution in [1.29, 1.82) is 0 Å². The number of nitrogens with one attached hydrogen (secondary N) is 1. The number of aromatic carboxylic acids is 1. The highest BCUT2D eigenvalue weighted by Gasteiger charge is 2.20. The van der Waals surface area contributed by atoms with E-state index >= 15 is 0 Å². The maximum atomic E-state index is 12.2. The predicted octanol–water partition coefficient (Wildman–Crippen LogP) is 2.16. The summed E-state index contributed by atoms with van der Waals surface area (Å²) in [5, 5.41) is 8.79. The Morgan fingerprint density at radius 3 is 2.05 bits per heavy atom. The van der Waals surface area contributed by atoms with Gasteiger partial charge in [0.25, 0.3) is 0 Å². The van der Waals surface area contributed by atoms with Crippen LogP contribution in [0.2, 0.25) is 0 Å². The molecule has 0 saturated carbocycles. The Bertz CT molecular complexity index is 534. The quantitative estimate of drug-likeness (QED) is 0.770. The summed E-state index contributed by atoms with van der Waals surface area (Å²) in [6, 6.07) is 5.61. The highest BCUT2D eigenvalue weighted by molar-refractivity contribution is 7.90. The molecule has 0 aliphatic carbocycles. The first-order valence-corrected chi connectivity index (χ1v) is 7.96. The highest BCUT2D eigenvalue weighted by Crippen LogP contribution is 2.14. The van der Waals surface area contributed by atoms with Crippen LogP contribution < -0.4 is 4.72 Å². The summed E-state index contributed by atoms with van der Waals surface area (Å²) in [7, 11) is -3.60. The summed E-state index contributed by atoms with van der Waals surface area (Å²) in [6.07, 6.45) is 1.47. The Morgan fingerprint density at radius 2 is 1.65 bits per heavy atom. The van der Waals surface area contributed by atoms with Crippen LogP contribution >= 0.6 is 0 Å². The number of benzene rings is 1. The zero-order chi connectivity index (χ0) is 15.2. The van der Waals surface area contributed by atoms with Gasteiger partial charge in [-0.1, -0.05) is 13.8 Å². The zero-order valence-corrected chi connectivity index (χ0v) is 12.5. The van der Waals surface area contributed by atoms with E-state index in [0.29, 0.717) is 18.8 Å². The lowest BCUT2D eigenvalue weighted by molar-refractivity contribution is 0.0697. The first-order chi connectivity index (χ1) is 9.40. The molecule has 0 unspecified atom stereocenters. The summed E-state index contributed by atoms with van der Waals surface area (Å²) in [6.45, 7) is 4.74. The van der Waals surface area contributed by atoms with Crippen molar-refractivity contribution in [2.24, 2.45) is 0 Å². The Balaban J connectivity index is 2.86. The molecule has 0 fully saturated rings. The van der Waals surface area contributed by atoms with Gasteiger partial charge >= 0.3 is 16.2 Å². The van der Waals surface area contributed by atoms with Gasteiger partial charge in [0, 0.05) is 18.8 Å². The molecule has 0 aliphatic rings. The second-order valence-electron chi connectivity index (χ2n) is 4.39. The van der Waals surface area contributed by atoms with Crippen molar-refractivity contribution in [3.63, 3.8) is 0 Å². The topological polar surface area (TPSA) is 86.7 Å². The molecule has 1 aromatic carbocycles. The molecule has 0 spiro atoms. The Hall–Kier alpha value is -1.60. The lowest BCUT2D eigenvalue weighted by Gasteiger charge is -2.21. The highest BCUT2D eigenvalue weighted by atomic mass is 32.2. The summed E-state index contributed by atoms with van der Waals surface area (Å²) in [5.74, 6) is -1.04. The van der Waals surface area contributed by atoms with E-state index < -0.39 is 16.2 Å². The van der Waals surface area contributed by atoms with Crippen molar-refractivity contribution < 1.29 is 18.3 Å². The smallest absolute Gasteiger partial charge is 0.335 e. The fourth-order valence-electron chi connectivity index (χ4n) is 1.75. The first kappa shape index (κ1) is 16.5. The maximum absolute atomic E-state index is 12.2. The Morgan fingerprint density at radius 1 is 1.15 bits per heavy atom. The molecule has 1 rings (SSSR count).